The summed E-state index contributed by atoms with van der Waals surface area (Å²) in [5, 5.41) is 3.39. The van der Waals surface area contributed by atoms with Crippen LogP contribution in [0.1, 0.15) is 17.0 Å². The SMILES string of the molecule is O=C(N1CCN2[C@@H](CNC[C@H]2C(c2ccccc2)c2ccccc2)C1)C(F)(F)F. The lowest BCUT2D eigenvalue weighted by Gasteiger charge is -2.50. The number of carbonyl (C=O) groups excluding carboxylic acids is 1. The molecule has 0 radical (unpaired) electrons. The number of nitrogens with zero attached hydrogens (tertiary/aromatic N) is 2. The molecule has 0 spiro atoms. The number of halogens is 3. The Morgan fingerprint density at radius 1 is 0.931 bits per heavy atom. The summed E-state index contributed by atoms with van der Waals surface area (Å²) in [7, 11) is 0. The van der Waals surface area contributed by atoms with Gasteiger partial charge in [0.1, 0.15) is 0 Å². The number of hydrogen-bond acceptors (Lipinski definition) is 3. The minimum absolute atomic E-state index is 0.0950. The van der Waals surface area contributed by atoms with Crippen molar-refractivity contribution in [2.24, 2.45) is 0 Å². The second-order valence-corrected chi connectivity index (χ2v) is 7.67. The monoisotopic (exact) mass is 403 g/mol. The number of alkyl halides is 3. The summed E-state index contributed by atoms with van der Waals surface area (Å²) in [5.74, 6) is -1.64. The Kier molecular flexibility index (Phi) is 5.61. The quantitative estimate of drug-likeness (QED) is 0.856. The Morgan fingerprint density at radius 3 is 2.07 bits per heavy atom. The summed E-state index contributed by atoms with van der Waals surface area (Å²) in [4.78, 5) is 15.0. The van der Waals surface area contributed by atoms with Crippen LogP contribution >= 0.6 is 0 Å². The van der Waals surface area contributed by atoms with E-state index in [1.165, 1.54) is 11.1 Å². The third-order valence-corrected chi connectivity index (χ3v) is 5.92. The van der Waals surface area contributed by atoms with Crippen molar-refractivity contribution in [2.45, 2.75) is 24.2 Å². The van der Waals surface area contributed by atoms with Crippen LogP contribution in [-0.2, 0) is 4.79 Å². The number of piperazine rings is 2. The number of carbonyl (C=O) groups is 1. The zero-order chi connectivity index (χ0) is 20.4. The number of amides is 1. The molecule has 1 N–H and O–H groups in total. The van der Waals surface area contributed by atoms with Gasteiger partial charge in [-0.2, -0.15) is 13.2 Å². The maximum atomic E-state index is 12.9. The molecule has 0 unspecified atom stereocenters. The Bertz CT molecular complexity index is 789. The van der Waals surface area contributed by atoms with E-state index in [-0.39, 0.29) is 31.1 Å². The van der Waals surface area contributed by atoms with Gasteiger partial charge in [-0.1, -0.05) is 60.7 Å². The van der Waals surface area contributed by atoms with E-state index in [4.69, 9.17) is 0 Å². The Labute approximate surface area is 168 Å². The molecule has 154 valence electrons. The molecule has 2 aliphatic heterocycles. The molecular weight excluding hydrogens is 379 g/mol. The summed E-state index contributed by atoms with van der Waals surface area (Å²) in [6.45, 7) is 1.96. The van der Waals surface area contributed by atoms with E-state index in [2.05, 4.69) is 34.5 Å². The zero-order valence-corrected chi connectivity index (χ0v) is 16.0. The second kappa shape index (κ2) is 8.16. The van der Waals surface area contributed by atoms with E-state index in [0.717, 1.165) is 11.4 Å². The van der Waals surface area contributed by atoms with Crippen LogP contribution < -0.4 is 5.32 Å². The van der Waals surface area contributed by atoms with E-state index >= 15 is 0 Å². The smallest absolute Gasteiger partial charge is 0.332 e. The zero-order valence-electron chi connectivity index (χ0n) is 16.0. The minimum Gasteiger partial charge on any atom is -0.332 e. The second-order valence-electron chi connectivity index (χ2n) is 7.67. The van der Waals surface area contributed by atoms with Crippen molar-refractivity contribution in [3.63, 3.8) is 0 Å². The standard InChI is InChI=1S/C22H24F3N3O/c23-22(24,25)21(29)27-11-12-28-18(15-27)13-26-14-19(28)20(16-7-3-1-4-8-16)17-9-5-2-6-10-17/h1-10,18-20,26H,11-15H2/t18-,19-/m0/s1. The number of benzene rings is 2. The van der Waals surface area contributed by atoms with Gasteiger partial charge >= 0.3 is 12.1 Å². The van der Waals surface area contributed by atoms with Crippen LogP contribution in [0.15, 0.2) is 60.7 Å². The van der Waals surface area contributed by atoms with Crippen LogP contribution in [0, 0.1) is 0 Å². The molecule has 29 heavy (non-hydrogen) atoms. The van der Waals surface area contributed by atoms with Gasteiger partial charge in [0, 0.05) is 50.7 Å². The van der Waals surface area contributed by atoms with Crippen molar-refractivity contribution in [3.8, 4) is 0 Å². The molecular formula is C22H24F3N3O. The third-order valence-electron chi connectivity index (χ3n) is 5.92. The van der Waals surface area contributed by atoms with Crippen molar-refractivity contribution >= 4 is 5.91 Å². The molecule has 2 heterocycles. The molecule has 2 aromatic carbocycles. The Balaban J connectivity index is 1.61. The van der Waals surface area contributed by atoms with Gasteiger partial charge in [-0.15, -0.1) is 0 Å². The van der Waals surface area contributed by atoms with Gasteiger partial charge in [0.2, 0.25) is 0 Å². The van der Waals surface area contributed by atoms with Crippen molar-refractivity contribution in [1.29, 1.82) is 0 Å². The molecule has 2 aromatic rings. The summed E-state index contributed by atoms with van der Waals surface area (Å²) in [6.07, 6.45) is -4.82. The fraction of sp³-hybridized carbons (Fsp3) is 0.409. The molecule has 2 fully saturated rings. The molecule has 4 nitrogen and oxygen atoms in total. The lowest BCUT2D eigenvalue weighted by molar-refractivity contribution is -0.188. The molecule has 1 amide bonds. The lowest BCUT2D eigenvalue weighted by Crippen LogP contribution is -2.67. The van der Waals surface area contributed by atoms with Gasteiger partial charge in [0.25, 0.3) is 0 Å². The molecule has 0 aromatic heterocycles. The average molecular weight is 403 g/mol. The van der Waals surface area contributed by atoms with Crippen LogP contribution in [0.5, 0.6) is 0 Å². The van der Waals surface area contributed by atoms with Crippen molar-refractivity contribution < 1.29 is 18.0 Å². The molecule has 2 aliphatic rings. The Hall–Kier alpha value is -2.38. The summed E-state index contributed by atoms with van der Waals surface area (Å²) in [6, 6.07) is 20.4. The average Bonchev–Trinajstić information content (AvgIpc) is 2.74. The molecule has 4 rings (SSSR count). The van der Waals surface area contributed by atoms with Gasteiger partial charge in [0.15, 0.2) is 0 Å². The van der Waals surface area contributed by atoms with Crippen molar-refractivity contribution in [2.75, 3.05) is 32.7 Å². The lowest BCUT2D eigenvalue weighted by atomic mass is 9.82. The highest BCUT2D eigenvalue weighted by Crippen LogP contribution is 2.34. The Morgan fingerprint density at radius 2 is 1.52 bits per heavy atom. The molecule has 2 saturated heterocycles. The molecule has 2 atom stereocenters. The first-order valence-corrected chi connectivity index (χ1v) is 9.87. The number of fused-ring (bicyclic) bond motifs is 1. The van der Waals surface area contributed by atoms with Gasteiger partial charge < -0.3 is 10.2 Å². The maximum absolute atomic E-state index is 12.9. The topological polar surface area (TPSA) is 35.6 Å². The highest BCUT2D eigenvalue weighted by Gasteiger charge is 2.46. The van der Waals surface area contributed by atoms with Crippen LogP contribution in [0.4, 0.5) is 13.2 Å². The molecule has 0 saturated carbocycles. The van der Waals surface area contributed by atoms with Crippen LogP contribution in [0.3, 0.4) is 0 Å². The predicted molar refractivity (Wildman–Crippen MR) is 105 cm³/mol. The number of rotatable bonds is 3. The highest BCUT2D eigenvalue weighted by atomic mass is 19.4. The molecule has 0 aliphatic carbocycles. The van der Waals surface area contributed by atoms with E-state index in [9.17, 15) is 18.0 Å². The first kappa shape index (κ1) is 19.9. The third kappa shape index (κ3) is 4.16. The molecule has 7 heteroatoms. The van der Waals surface area contributed by atoms with Crippen molar-refractivity contribution in [1.82, 2.24) is 15.1 Å². The number of nitrogens with one attached hydrogen (secondary N) is 1. The first-order valence-electron chi connectivity index (χ1n) is 9.87. The van der Waals surface area contributed by atoms with Gasteiger partial charge in [-0.25, -0.2) is 0 Å². The largest absolute Gasteiger partial charge is 0.471 e. The van der Waals surface area contributed by atoms with Gasteiger partial charge in [-0.3, -0.25) is 9.69 Å². The number of hydrogen-bond donors (Lipinski definition) is 1. The molecule has 0 bridgehead atoms. The summed E-state index contributed by atoms with van der Waals surface area (Å²) < 4.78 is 38.7. The van der Waals surface area contributed by atoms with Gasteiger partial charge in [0.05, 0.1) is 0 Å². The van der Waals surface area contributed by atoms with E-state index < -0.39 is 12.1 Å². The first-order chi connectivity index (χ1) is 13.9. The van der Waals surface area contributed by atoms with Crippen LogP contribution in [0.2, 0.25) is 0 Å². The van der Waals surface area contributed by atoms with Crippen LogP contribution in [-0.4, -0.2) is 66.7 Å². The van der Waals surface area contributed by atoms with E-state index in [1.807, 2.05) is 36.4 Å². The summed E-state index contributed by atoms with van der Waals surface area (Å²) in [5.41, 5.74) is 2.36. The fourth-order valence-corrected chi connectivity index (χ4v) is 4.63. The predicted octanol–water partition coefficient (Wildman–Crippen LogP) is 2.87. The van der Waals surface area contributed by atoms with E-state index in [0.29, 0.717) is 13.1 Å². The summed E-state index contributed by atoms with van der Waals surface area (Å²) >= 11 is 0. The normalized spacial score (nSPS) is 23.1. The van der Waals surface area contributed by atoms with Crippen LogP contribution in [0.25, 0.3) is 0 Å². The minimum atomic E-state index is -4.82. The maximum Gasteiger partial charge on any atom is 0.471 e. The highest BCUT2D eigenvalue weighted by molar-refractivity contribution is 5.82. The fourth-order valence-electron chi connectivity index (χ4n) is 4.63. The van der Waals surface area contributed by atoms with Crippen molar-refractivity contribution in [3.05, 3.63) is 71.8 Å². The van der Waals surface area contributed by atoms with E-state index in [1.54, 1.807) is 0 Å². The van der Waals surface area contributed by atoms with Gasteiger partial charge in [-0.05, 0) is 11.1 Å².